The third-order valence-electron chi connectivity index (χ3n) is 2.20. The fraction of sp³-hybridized carbons (Fsp3) is 0.273. The van der Waals surface area contributed by atoms with E-state index >= 15 is 0 Å². The number of rotatable bonds is 4. The van der Waals surface area contributed by atoms with E-state index in [2.05, 4.69) is 5.16 Å². The van der Waals surface area contributed by atoms with Crippen molar-refractivity contribution in [2.45, 2.75) is 13.0 Å². The van der Waals surface area contributed by atoms with Crippen LogP contribution in [0.2, 0.25) is 5.02 Å². The Morgan fingerprint density at radius 2 is 2.29 bits per heavy atom. The van der Waals surface area contributed by atoms with Gasteiger partial charge in [-0.05, 0) is 17.7 Å². The fourth-order valence-corrected chi connectivity index (χ4v) is 1.54. The highest BCUT2D eigenvalue weighted by atomic mass is 35.5. The molecule has 0 unspecified atom stereocenters. The number of nitrogens with two attached hydrogens (primary N) is 1. The molecule has 0 aliphatic rings. The Bertz CT molecular complexity index is 434. The topological polar surface area (TPSA) is 78.9 Å². The summed E-state index contributed by atoms with van der Waals surface area (Å²) >= 11 is 5.84. The second-order valence-electron chi connectivity index (χ2n) is 3.65. The molecule has 0 aliphatic heterocycles. The molecule has 0 spiro atoms. The molecule has 0 aromatic heterocycles. The summed E-state index contributed by atoms with van der Waals surface area (Å²) in [5.74, 6) is -0.326. The second kappa shape index (κ2) is 6.10. The Hall–Kier alpha value is -1.75. The first-order valence-corrected chi connectivity index (χ1v) is 5.35. The minimum Gasteiger partial charge on any atom is -0.409 e. The predicted octanol–water partition coefficient (Wildman–Crippen LogP) is 1.43. The maximum atomic E-state index is 11.6. The molecule has 1 aromatic rings. The molecule has 0 radical (unpaired) electrons. The summed E-state index contributed by atoms with van der Waals surface area (Å²) < 4.78 is 0. The van der Waals surface area contributed by atoms with Crippen molar-refractivity contribution in [3.63, 3.8) is 0 Å². The van der Waals surface area contributed by atoms with Crippen molar-refractivity contribution < 1.29 is 10.0 Å². The molecule has 92 valence electrons. The minimum atomic E-state index is -0.222. The van der Waals surface area contributed by atoms with Crippen LogP contribution < -0.4 is 5.73 Å². The van der Waals surface area contributed by atoms with Gasteiger partial charge in [0.05, 0.1) is 6.42 Å². The zero-order chi connectivity index (χ0) is 12.8. The molecular formula is C11H14ClN3O2. The first-order chi connectivity index (χ1) is 8.02. The number of amidine groups is 1. The van der Waals surface area contributed by atoms with Gasteiger partial charge in [-0.2, -0.15) is 0 Å². The number of halogens is 1. The highest BCUT2D eigenvalue weighted by Crippen LogP contribution is 2.12. The number of oxime groups is 1. The summed E-state index contributed by atoms with van der Waals surface area (Å²) in [4.78, 5) is 13.1. The van der Waals surface area contributed by atoms with E-state index in [0.29, 0.717) is 11.6 Å². The molecule has 0 aliphatic carbocycles. The summed E-state index contributed by atoms with van der Waals surface area (Å²) in [6, 6.07) is 7.25. The van der Waals surface area contributed by atoms with Crippen LogP contribution >= 0.6 is 11.6 Å². The van der Waals surface area contributed by atoms with Crippen LogP contribution in [0.3, 0.4) is 0 Å². The van der Waals surface area contributed by atoms with Gasteiger partial charge < -0.3 is 15.8 Å². The molecule has 0 saturated heterocycles. The van der Waals surface area contributed by atoms with Crippen LogP contribution in [0, 0.1) is 0 Å². The molecule has 17 heavy (non-hydrogen) atoms. The summed E-state index contributed by atoms with van der Waals surface area (Å²) in [5, 5.41) is 11.7. The van der Waals surface area contributed by atoms with Crippen molar-refractivity contribution in [2.75, 3.05) is 7.05 Å². The Morgan fingerprint density at radius 1 is 1.59 bits per heavy atom. The molecule has 0 heterocycles. The SMILES string of the molecule is CN(Cc1cccc(Cl)c1)C(=O)CC(N)=NO. The van der Waals surface area contributed by atoms with E-state index in [1.165, 1.54) is 4.90 Å². The van der Waals surface area contributed by atoms with Gasteiger partial charge in [0.25, 0.3) is 0 Å². The van der Waals surface area contributed by atoms with Crippen LogP contribution in [0.5, 0.6) is 0 Å². The molecule has 6 heteroatoms. The molecule has 0 atom stereocenters. The molecule has 5 nitrogen and oxygen atoms in total. The Balaban J connectivity index is 2.60. The minimum absolute atomic E-state index is 0.104. The number of carbonyl (C=O) groups is 1. The van der Waals surface area contributed by atoms with Crippen LogP contribution in [0.25, 0.3) is 0 Å². The van der Waals surface area contributed by atoms with Crippen LogP contribution in [0.1, 0.15) is 12.0 Å². The molecule has 1 amide bonds. The van der Waals surface area contributed by atoms with Crippen LogP contribution in [0.15, 0.2) is 29.4 Å². The normalized spacial score (nSPS) is 11.3. The van der Waals surface area contributed by atoms with Gasteiger partial charge >= 0.3 is 0 Å². The van der Waals surface area contributed by atoms with Gasteiger partial charge in [-0.3, -0.25) is 4.79 Å². The number of amides is 1. The molecule has 0 bridgehead atoms. The molecule has 1 aromatic carbocycles. The van der Waals surface area contributed by atoms with Crippen LogP contribution in [-0.4, -0.2) is 28.9 Å². The predicted molar refractivity (Wildman–Crippen MR) is 66.0 cm³/mol. The van der Waals surface area contributed by atoms with Gasteiger partial charge in [-0.25, -0.2) is 0 Å². The molecule has 0 fully saturated rings. The van der Waals surface area contributed by atoms with Gasteiger partial charge in [0.2, 0.25) is 5.91 Å². The van der Waals surface area contributed by atoms with Crippen LogP contribution in [0.4, 0.5) is 0 Å². The Kier molecular flexibility index (Phi) is 4.78. The lowest BCUT2D eigenvalue weighted by atomic mass is 10.2. The van der Waals surface area contributed by atoms with E-state index in [0.717, 1.165) is 5.56 Å². The van der Waals surface area contributed by atoms with Crippen molar-refractivity contribution in [2.24, 2.45) is 10.9 Å². The van der Waals surface area contributed by atoms with Gasteiger partial charge in [-0.1, -0.05) is 28.9 Å². The summed E-state index contributed by atoms with van der Waals surface area (Å²) in [5.41, 5.74) is 6.18. The number of carbonyl (C=O) groups excluding carboxylic acids is 1. The molecule has 3 N–H and O–H groups in total. The van der Waals surface area contributed by atoms with Crippen molar-refractivity contribution >= 4 is 23.3 Å². The van der Waals surface area contributed by atoms with E-state index in [1.807, 2.05) is 12.1 Å². The van der Waals surface area contributed by atoms with Gasteiger partial charge in [-0.15, -0.1) is 0 Å². The third kappa shape index (κ3) is 4.32. The maximum absolute atomic E-state index is 11.6. The van der Waals surface area contributed by atoms with Gasteiger partial charge in [0.1, 0.15) is 5.84 Å². The fourth-order valence-electron chi connectivity index (χ4n) is 1.32. The summed E-state index contributed by atoms with van der Waals surface area (Å²) in [6.45, 7) is 0.429. The monoisotopic (exact) mass is 255 g/mol. The van der Waals surface area contributed by atoms with E-state index in [4.69, 9.17) is 22.5 Å². The van der Waals surface area contributed by atoms with E-state index in [9.17, 15) is 4.79 Å². The Morgan fingerprint density at radius 3 is 2.88 bits per heavy atom. The number of hydrogen-bond acceptors (Lipinski definition) is 3. The first-order valence-electron chi connectivity index (χ1n) is 4.97. The highest BCUT2D eigenvalue weighted by Gasteiger charge is 2.11. The lowest BCUT2D eigenvalue weighted by molar-refractivity contribution is -0.129. The molecular weight excluding hydrogens is 242 g/mol. The van der Waals surface area contributed by atoms with E-state index in [1.54, 1.807) is 19.2 Å². The molecule has 0 saturated carbocycles. The van der Waals surface area contributed by atoms with Crippen molar-refractivity contribution in [3.05, 3.63) is 34.9 Å². The van der Waals surface area contributed by atoms with E-state index < -0.39 is 0 Å². The summed E-state index contributed by atoms with van der Waals surface area (Å²) in [7, 11) is 1.65. The first kappa shape index (κ1) is 13.3. The number of nitrogens with zero attached hydrogens (tertiary/aromatic N) is 2. The Labute approximate surface area is 104 Å². The smallest absolute Gasteiger partial charge is 0.230 e. The van der Waals surface area contributed by atoms with Crippen molar-refractivity contribution in [3.8, 4) is 0 Å². The standard InChI is InChI=1S/C11H14ClN3O2/c1-15(11(16)6-10(13)14-17)7-8-3-2-4-9(12)5-8/h2-5,17H,6-7H2,1H3,(H2,13,14). The quantitative estimate of drug-likeness (QED) is 0.370. The maximum Gasteiger partial charge on any atom is 0.230 e. The molecule has 1 rings (SSSR count). The third-order valence-corrected chi connectivity index (χ3v) is 2.43. The van der Waals surface area contributed by atoms with Gasteiger partial charge in [0, 0.05) is 18.6 Å². The average Bonchev–Trinajstić information content (AvgIpc) is 2.28. The lowest BCUT2D eigenvalue weighted by Gasteiger charge is -2.16. The lowest BCUT2D eigenvalue weighted by Crippen LogP contribution is -2.30. The second-order valence-corrected chi connectivity index (χ2v) is 4.08. The van der Waals surface area contributed by atoms with Crippen molar-refractivity contribution in [1.82, 2.24) is 4.90 Å². The van der Waals surface area contributed by atoms with Crippen LogP contribution in [-0.2, 0) is 11.3 Å². The highest BCUT2D eigenvalue weighted by molar-refractivity contribution is 6.30. The largest absolute Gasteiger partial charge is 0.409 e. The van der Waals surface area contributed by atoms with Crippen molar-refractivity contribution in [1.29, 1.82) is 0 Å². The summed E-state index contributed by atoms with van der Waals surface area (Å²) in [6.07, 6.45) is -0.104. The number of hydrogen-bond donors (Lipinski definition) is 2. The zero-order valence-corrected chi connectivity index (χ0v) is 10.2. The average molecular weight is 256 g/mol. The zero-order valence-electron chi connectivity index (χ0n) is 9.43. The number of benzene rings is 1. The van der Waals surface area contributed by atoms with Gasteiger partial charge in [0.15, 0.2) is 0 Å². The van der Waals surface area contributed by atoms with E-state index in [-0.39, 0.29) is 18.2 Å².